The van der Waals surface area contributed by atoms with E-state index in [1.165, 1.54) is 28.0 Å². The summed E-state index contributed by atoms with van der Waals surface area (Å²) in [6, 6.07) is 17.5. The number of nitrogens with zero attached hydrogens (tertiary/aromatic N) is 3. The number of anilines is 1. The fraction of sp³-hybridized carbons (Fsp3) is 0.294. The standard InChI is InChI=1S/C34H34ClN3O5S2/c1-5-6-7-16-43-26-15-12-23(18-27(26)42-4)29-28(30(39)25-17-20(2)8-9-21(25)3)31(40)32(41)38(29)33-36-37-34(45-33)44-19-22-10-13-24(35)14-11-22/h8-15,17-18,29,39H,5-7,16,19H2,1-4H3. The van der Waals surface area contributed by atoms with E-state index in [9.17, 15) is 14.7 Å². The van der Waals surface area contributed by atoms with Crippen LogP contribution in [0.4, 0.5) is 5.13 Å². The smallest absolute Gasteiger partial charge is 0.301 e. The molecule has 1 atom stereocenters. The summed E-state index contributed by atoms with van der Waals surface area (Å²) in [5.74, 6) is -0.211. The van der Waals surface area contributed by atoms with Crippen molar-refractivity contribution >= 4 is 57.3 Å². The van der Waals surface area contributed by atoms with E-state index in [0.717, 1.165) is 36.0 Å². The van der Waals surface area contributed by atoms with Crippen molar-refractivity contribution in [2.75, 3.05) is 18.6 Å². The molecular weight excluding hydrogens is 630 g/mol. The molecule has 4 aromatic rings. The van der Waals surface area contributed by atoms with E-state index >= 15 is 0 Å². The van der Waals surface area contributed by atoms with E-state index in [-0.39, 0.29) is 16.5 Å². The van der Waals surface area contributed by atoms with Crippen molar-refractivity contribution in [3.05, 3.63) is 99.1 Å². The number of rotatable bonds is 12. The highest BCUT2D eigenvalue weighted by Crippen LogP contribution is 2.46. The number of hydrogen-bond acceptors (Lipinski definition) is 9. The summed E-state index contributed by atoms with van der Waals surface area (Å²) in [7, 11) is 1.54. The second-order valence-electron chi connectivity index (χ2n) is 10.7. The molecule has 0 radical (unpaired) electrons. The van der Waals surface area contributed by atoms with Crippen LogP contribution in [0.2, 0.25) is 5.02 Å². The summed E-state index contributed by atoms with van der Waals surface area (Å²) >= 11 is 8.69. The van der Waals surface area contributed by atoms with Gasteiger partial charge in [-0.2, -0.15) is 0 Å². The minimum absolute atomic E-state index is 0.0297. The molecule has 8 nitrogen and oxygen atoms in total. The molecule has 1 aliphatic rings. The zero-order valence-corrected chi connectivity index (χ0v) is 27.9. The number of aromatic nitrogens is 2. The Morgan fingerprint density at radius 1 is 1.02 bits per heavy atom. The number of aliphatic hydroxyl groups is 1. The van der Waals surface area contributed by atoms with Crippen molar-refractivity contribution in [1.82, 2.24) is 10.2 Å². The van der Waals surface area contributed by atoms with Gasteiger partial charge >= 0.3 is 5.91 Å². The van der Waals surface area contributed by atoms with Gasteiger partial charge in [0, 0.05) is 16.3 Å². The van der Waals surface area contributed by atoms with Gasteiger partial charge in [-0.05, 0) is 67.3 Å². The first-order valence-electron chi connectivity index (χ1n) is 14.6. The van der Waals surface area contributed by atoms with Gasteiger partial charge in [-0.25, -0.2) is 0 Å². The molecule has 234 valence electrons. The number of thioether (sulfide) groups is 1. The lowest BCUT2D eigenvalue weighted by atomic mass is 9.93. The molecule has 3 aromatic carbocycles. The number of carbonyl (C=O) groups is 2. The van der Waals surface area contributed by atoms with Crippen molar-refractivity contribution < 1.29 is 24.2 Å². The Bertz CT molecular complexity index is 1740. The lowest BCUT2D eigenvalue weighted by Crippen LogP contribution is -2.29. The predicted octanol–water partition coefficient (Wildman–Crippen LogP) is 8.30. The molecule has 1 aliphatic heterocycles. The summed E-state index contributed by atoms with van der Waals surface area (Å²) in [6.07, 6.45) is 3.03. The van der Waals surface area contributed by atoms with Gasteiger partial charge in [-0.1, -0.05) is 90.4 Å². The molecule has 5 rings (SSSR count). The van der Waals surface area contributed by atoms with Crippen LogP contribution in [0.1, 0.15) is 60.0 Å². The average Bonchev–Trinajstić information content (AvgIpc) is 3.61. The fourth-order valence-electron chi connectivity index (χ4n) is 5.07. The zero-order valence-electron chi connectivity index (χ0n) is 25.5. The molecule has 1 unspecified atom stereocenters. The fourth-order valence-corrected chi connectivity index (χ4v) is 7.02. The van der Waals surface area contributed by atoms with Crippen LogP contribution in [-0.2, 0) is 15.3 Å². The Hall–Kier alpha value is -3.86. The molecule has 1 N–H and O–H groups in total. The van der Waals surface area contributed by atoms with Crippen molar-refractivity contribution in [3.63, 3.8) is 0 Å². The van der Waals surface area contributed by atoms with Crippen LogP contribution in [0.25, 0.3) is 5.76 Å². The van der Waals surface area contributed by atoms with E-state index in [1.54, 1.807) is 31.4 Å². The summed E-state index contributed by atoms with van der Waals surface area (Å²) in [5, 5.41) is 21.2. The Morgan fingerprint density at radius 3 is 2.53 bits per heavy atom. The van der Waals surface area contributed by atoms with Crippen molar-refractivity contribution in [2.45, 2.75) is 56.2 Å². The van der Waals surface area contributed by atoms with Gasteiger partial charge in [0.15, 0.2) is 15.8 Å². The van der Waals surface area contributed by atoms with Gasteiger partial charge in [0.25, 0.3) is 5.78 Å². The zero-order chi connectivity index (χ0) is 32.1. The summed E-state index contributed by atoms with van der Waals surface area (Å²) in [5.41, 5.74) is 3.75. The number of carbonyl (C=O) groups excluding carboxylic acids is 2. The summed E-state index contributed by atoms with van der Waals surface area (Å²) < 4.78 is 12.3. The van der Waals surface area contributed by atoms with Crippen LogP contribution < -0.4 is 14.4 Å². The largest absolute Gasteiger partial charge is 0.507 e. The first-order chi connectivity index (χ1) is 21.7. The van der Waals surface area contributed by atoms with Gasteiger partial charge < -0.3 is 14.6 Å². The number of aryl methyl sites for hydroxylation is 2. The molecule has 11 heteroatoms. The van der Waals surface area contributed by atoms with Crippen LogP contribution in [0.3, 0.4) is 0 Å². The number of halogens is 1. The summed E-state index contributed by atoms with van der Waals surface area (Å²) in [4.78, 5) is 28.8. The second-order valence-corrected chi connectivity index (χ2v) is 13.3. The monoisotopic (exact) mass is 663 g/mol. The molecule has 0 spiro atoms. The number of ether oxygens (including phenoxy) is 2. The Morgan fingerprint density at radius 2 is 1.80 bits per heavy atom. The van der Waals surface area contributed by atoms with Gasteiger partial charge in [0.1, 0.15) is 5.76 Å². The second kappa shape index (κ2) is 14.5. The van der Waals surface area contributed by atoms with Crippen LogP contribution in [0.15, 0.2) is 70.6 Å². The molecule has 1 amide bonds. The third kappa shape index (κ3) is 7.19. The van der Waals surface area contributed by atoms with Crippen molar-refractivity contribution in [2.24, 2.45) is 0 Å². The van der Waals surface area contributed by atoms with Crippen molar-refractivity contribution in [1.29, 1.82) is 0 Å². The summed E-state index contributed by atoms with van der Waals surface area (Å²) in [6.45, 7) is 6.42. The lowest BCUT2D eigenvalue weighted by Gasteiger charge is -2.23. The van der Waals surface area contributed by atoms with E-state index in [0.29, 0.717) is 44.3 Å². The van der Waals surface area contributed by atoms with Crippen molar-refractivity contribution in [3.8, 4) is 11.5 Å². The third-order valence-corrected chi connectivity index (χ3v) is 9.86. The maximum Gasteiger partial charge on any atom is 0.301 e. The number of hydrogen-bond donors (Lipinski definition) is 1. The molecule has 0 aliphatic carbocycles. The molecule has 2 heterocycles. The minimum Gasteiger partial charge on any atom is -0.507 e. The Labute approximate surface area is 276 Å². The highest BCUT2D eigenvalue weighted by molar-refractivity contribution is 8.00. The molecule has 1 aromatic heterocycles. The first-order valence-corrected chi connectivity index (χ1v) is 16.8. The highest BCUT2D eigenvalue weighted by atomic mass is 35.5. The number of benzene rings is 3. The van der Waals surface area contributed by atoms with E-state index < -0.39 is 17.7 Å². The van der Waals surface area contributed by atoms with Crippen LogP contribution in [-0.4, -0.2) is 40.7 Å². The number of ketones is 1. The number of amides is 1. The maximum absolute atomic E-state index is 13.7. The number of methoxy groups -OCH3 is 1. The Balaban J connectivity index is 1.56. The molecule has 0 saturated carbocycles. The normalized spacial score (nSPS) is 15.9. The first kappa shape index (κ1) is 32.5. The topological polar surface area (TPSA) is 102 Å². The quantitative estimate of drug-likeness (QED) is 0.0403. The van der Waals surface area contributed by atoms with Gasteiger partial charge in [-0.15, -0.1) is 10.2 Å². The molecule has 1 fully saturated rings. The molecule has 1 saturated heterocycles. The number of unbranched alkanes of at least 4 members (excludes halogenated alkanes) is 2. The van der Waals surface area contributed by atoms with Gasteiger partial charge in [0.2, 0.25) is 5.13 Å². The highest BCUT2D eigenvalue weighted by Gasteiger charge is 2.48. The van der Waals surface area contributed by atoms with E-state index in [4.69, 9.17) is 21.1 Å². The predicted molar refractivity (Wildman–Crippen MR) is 180 cm³/mol. The minimum atomic E-state index is -0.977. The average molecular weight is 664 g/mol. The third-order valence-electron chi connectivity index (χ3n) is 7.48. The molecule has 0 bridgehead atoms. The maximum atomic E-state index is 13.7. The van der Waals surface area contributed by atoms with E-state index in [1.807, 2.05) is 50.2 Å². The number of aliphatic hydroxyl groups excluding tert-OH is 1. The van der Waals surface area contributed by atoms with Crippen LogP contribution in [0, 0.1) is 13.8 Å². The van der Waals surface area contributed by atoms with Gasteiger partial charge in [0.05, 0.1) is 25.3 Å². The van der Waals surface area contributed by atoms with Crippen LogP contribution >= 0.6 is 34.7 Å². The SMILES string of the molecule is CCCCCOc1ccc(C2C(=C(O)c3cc(C)ccc3C)C(=O)C(=O)N2c2nnc(SCc3ccc(Cl)cc3)s2)cc1OC. The molecular formula is C34H34ClN3O5S2. The lowest BCUT2D eigenvalue weighted by molar-refractivity contribution is -0.132. The molecule has 45 heavy (non-hydrogen) atoms. The van der Waals surface area contributed by atoms with Gasteiger partial charge in [-0.3, -0.25) is 14.5 Å². The number of Topliss-reactive ketones (excluding diaryl/α,β-unsaturated/α-hetero) is 1. The Kier molecular flexibility index (Phi) is 10.5. The van der Waals surface area contributed by atoms with Crippen LogP contribution in [0.5, 0.6) is 11.5 Å². The van der Waals surface area contributed by atoms with E-state index in [2.05, 4.69) is 17.1 Å².